The van der Waals surface area contributed by atoms with E-state index in [1.165, 1.54) is 16.0 Å². The quantitative estimate of drug-likeness (QED) is 0.623. The van der Waals surface area contributed by atoms with Crippen LogP contribution in [-0.4, -0.2) is 34.4 Å². The van der Waals surface area contributed by atoms with Gasteiger partial charge in [-0.25, -0.2) is 0 Å². The normalized spacial score (nSPS) is 11.6. The first-order chi connectivity index (χ1) is 12.9. The standard InChI is InChI=1S/C19H21ClN4O2S/c1-19(2,12-26-3)18(25)24-17(22-11-13-7-8-16(20)27-13)10-15(23-24)14-6-4-5-9-21-14/h4-10,22H,11-12H2,1-3H3. The van der Waals surface area contributed by atoms with Gasteiger partial charge < -0.3 is 10.1 Å². The minimum absolute atomic E-state index is 0.154. The Morgan fingerprint density at radius 1 is 1.30 bits per heavy atom. The molecule has 0 amide bonds. The molecule has 0 radical (unpaired) electrons. The fourth-order valence-electron chi connectivity index (χ4n) is 2.63. The number of rotatable bonds is 7. The van der Waals surface area contributed by atoms with Crippen LogP contribution in [0, 0.1) is 5.41 Å². The molecule has 8 heteroatoms. The summed E-state index contributed by atoms with van der Waals surface area (Å²) in [4.78, 5) is 18.5. The van der Waals surface area contributed by atoms with Gasteiger partial charge in [0.2, 0.25) is 0 Å². The lowest BCUT2D eigenvalue weighted by molar-refractivity contribution is 0.0529. The van der Waals surface area contributed by atoms with E-state index in [4.69, 9.17) is 16.3 Å². The van der Waals surface area contributed by atoms with E-state index in [1.54, 1.807) is 13.3 Å². The maximum atomic E-state index is 13.1. The van der Waals surface area contributed by atoms with Crippen LogP contribution < -0.4 is 5.32 Å². The zero-order chi connectivity index (χ0) is 19.4. The highest BCUT2D eigenvalue weighted by atomic mass is 35.5. The van der Waals surface area contributed by atoms with Gasteiger partial charge in [0.15, 0.2) is 0 Å². The maximum absolute atomic E-state index is 13.1. The third-order valence-electron chi connectivity index (χ3n) is 3.99. The van der Waals surface area contributed by atoms with Gasteiger partial charge in [0.05, 0.1) is 28.6 Å². The number of hydrogen-bond acceptors (Lipinski definition) is 6. The predicted octanol–water partition coefficient (Wildman–Crippen LogP) is 4.58. The Kier molecular flexibility index (Phi) is 5.94. The molecule has 0 aliphatic heterocycles. The number of hydrogen-bond donors (Lipinski definition) is 1. The van der Waals surface area contributed by atoms with Crippen LogP contribution in [0.5, 0.6) is 0 Å². The Labute approximate surface area is 167 Å². The molecule has 0 unspecified atom stereocenters. The number of nitrogens with zero attached hydrogens (tertiary/aromatic N) is 3. The van der Waals surface area contributed by atoms with Crippen molar-refractivity contribution in [1.82, 2.24) is 14.8 Å². The zero-order valence-corrected chi connectivity index (χ0v) is 17.0. The highest BCUT2D eigenvalue weighted by Gasteiger charge is 2.32. The Hall–Kier alpha value is -2.22. The molecule has 0 aliphatic rings. The summed E-state index contributed by atoms with van der Waals surface area (Å²) in [6.07, 6.45) is 1.70. The number of carbonyl (C=O) groups excluding carboxylic acids is 1. The Morgan fingerprint density at radius 2 is 2.11 bits per heavy atom. The van der Waals surface area contributed by atoms with Crippen molar-refractivity contribution in [1.29, 1.82) is 0 Å². The minimum atomic E-state index is -0.717. The van der Waals surface area contributed by atoms with Crippen LogP contribution in [-0.2, 0) is 11.3 Å². The topological polar surface area (TPSA) is 69.0 Å². The number of carbonyl (C=O) groups is 1. The lowest BCUT2D eigenvalue weighted by Gasteiger charge is -2.22. The fourth-order valence-corrected chi connectivity index (χ4v) is 3.66. The third-order valence-corrected chi connectivity index (χ3v) is 5.22. The lowest BCUT2D eigenvalue weighted by Crippen LogP contribution is -2.35. The smallest absolute Gasteiger partial charge is 0.256 e. The molecule has 142 valence electrons. The molecule has 6 nitrogen and oxygen atoms in total. The Morgan fingerprint density at radius 3 is 2.74 bits per heavy atom. The van der Waals surface area contributed by atoms with Crippen molar-refractivity contribution in [3.05, 3.63) is 51.8 Å². The van der Waals surface area contributed by atoms with Crippen LogP contribution in [0.3, 0.4) is 0 Å². The van der Waals surface area contributed by atoms with Gasteiger partial charge in [-0.15, -0.1) is 11.3 Å². The molecule has 0 aliphatic carbocycles. The zero-order valence-electron chi connectivity index (χ0n) is 15.4. The summed E-state index contributed by atoms with van der Waals surface area (Å²) in [6, 6.07) is 11.2. The van der Waals surface area contributed by atoms with Gasteiger partial charge in [-0.05, 0) is 38.1 Å². The maximum Gasteiger partial charge on any atom is 0.256 e. The van der Waals surface area contributed by atoms with E-state index >= 15 is 0 Å². The molecule has 0 aromatic carbocycles. The monoisotopic (exact) mass is 404 g/mol. The van der Waals surface area contributed by atoms with Gasteiger partial charge in [-0.3, -0.25) is 9.78 Å². The van der Waals surface area contributed by atoms with Gasteiger partial charge >= 0.3 is 0 Å². The van der Waals surface area contributed by atoms with E-state index < -0.39 is 5.41 Å². The highest BCUT2D eigenvalue weighted by molar-refractivity contribution is 7.16. The number of halogens is 1. The molecule has 0 spiro atoms. The van der Waals surface area contributed by atoms with Gasteiger partial charge in [-0.1, -0.05) is 17.7 Å². The average Bonchev–Trinajstić information content (AvgIpc) is 3.26. The van der Waals surface area contributed by atoms with E-state index in [-0.39, 0.29) is 5.91 Å². The first-order valence-electron chi connectivity index (χ1n) is 8.44. The summed E-state index contributed by atoms with van der Waals surface area (Å²) >= 11 is 7.49. The first kappa shape index (κ1) is 19.5. The minimum Gasteiger partial charge on any atom is -0.384 e. The molecule has 3 aromatic heterocycles. The molecule has 3 heterocycles. The highest BCUT2D eigenvalue weighted by Crippen LogP contribution is 2.27. The number of thiophene rings is 1. The van der Waals surface area contributed by atoms with E-state index in [9.17, 15) is 4.79 Å². The molecule has 0 atom stereocenters. The number of methoxy groups -OCH3 is 1. The van der Waals surface area contributed by atoms with Crippen molar-refractivity contribution in [3.8, 4) is 11.4 Å². The Bertz CT molecular complexity index is 921. The number of nitrogens with one attached hydrogen (secondary N) is 1. The van der Waals surface area contributed by atoms with Crippen LogP contribution in [0.2, 0.25) is 4.34 Å². The summed E-state index contributed by atoms with van der Waals surface area (Å²) in [5.74, 6) is 0.451. The fraction of sp³-hybridized carbons (Fsp3) is 0.316. The van der Waals surface area contributed by atoms with E-state index in [2.05, 4.69) is 15.4 Å². The second-order valence-electron chi connectivity index (χ2n) is 6.72. The van der Waals surface area contributed by atoms with E-state index in [0.717, 1.165) is 9.21 Å². The van der Waals surface area contributed by atoms with Crippen molar-refractivity contribution in [2.24, 2.45) is 5.41 Å². The van der Waals surface area contributed by atoms with E-state index in [1.807, 2.05) is 50.2 Å². The molecule has 0 bridgehead atoms. The van der Waals surface area contributed by atoms with Crippen LogP contribution in [0.4, 0.5) is 5.82 Å². The summed E-state index contributed by atoms with van der Waals surface area (Å²) in [5.41, 5.74) is 0.616. The van der Waals surface area contributed by atoms with Gasteiger partial charge in [0.25, 0.3) is 5.91 Å². The molecule has 0 saturated carbocycles. The van der Waals surface area contributed by atoms with Crippen molar-refractivity contribution >= 4 is 34.7 Å². The van der Waals surface area contributed by atoms with Crippen molar-refractivity contribution in [2.75, 3.05) is 19.0 Å². The second-order valence-corrected chi connectivity index (χ2v) is 8.52. The van der Waals surface area contributed by atoms with E-state index in [0.29, 0.717) is 30.4 Å². The van der Waals surface area contributed by atoms with Gasteiger partial charge in [-0.2, -0.15) is 9.78 Å². The average molecular weight is 405 g/mol. The lowest BCUT2D eigenvalue weighted by atomic mass is 9.94. The van der Waals surface area contributed by atoms with Crippen LogP contribution >= 0.6 is 22.9 Å². The third kappa shape index (κ3) is 4.55. The molecule has 0 fully saturated rings. The summed E-state index contributed by atoms with van der Waals surface area (Å²) in [7, 11) is 1.58. The van der Waals surface area contributed by atoms with Crippen molar-refractivity contribution < 1.29 is 9.53 Å². The van der Waals surface area contributed by atoms with Crippen LogP contribution in [0.25, 0.3) is 11.4 Å². The van der Waals surface area contributed by atoms with Gasteiger partial charge in [0, 0.05) is 24.3 Å². The summed E-state index contributed by atoms with van der Waals surface area (Å²) < 4.78 is 7.33. The largest absolute Gasteiger partial charge is 0.384 e. The number of pyridine rings is 1. The van der Waals surface area contributed by atoms with Gasteiger partial charge in [0.1, 0.15) is 11.5 Å². The summed E-state index contributed by atoms with van der Waals surface area (Å²) in [6.45, 7) is 4.51. The van der Waals surface area contributed by atoms with Crippen LogP contribution in [0.1, 0.15) is 23.5 Å². The molecular formula is C19H21ClN4O2S. The number of ether oxygens (including phenoxy) is 1. The molecule has 3 rings (SSSR count). The SMILES string of the molecule is COCC(C)(C)C(=O)n1nc(-c2ccccn2)cc1NCc1ccc(Cl)s1. The molecular weight excluding hydrogens is 384 g/mol. The molecule has 3 aromatic rings. The first-order valence-corrected chi connectivity index (χ1v) is 9.63. The van der Waals surface area contributed by atoms with Crippen LogP contribution in [0.15, 0.2) is 42.6 Å². The molecule has 0 saturated heterocycles. The van der Waals surface area contributed by atoms with Crippen molar-refractivity contribution in [2.45, 2.75) is 20.4 Å². The second kappa shape index (κ2) is 8.21. The Balaban J connectivity index is 1.93. The van der Waals surface area contributed by atoms with Crippen molar-refractivity contribution in [3.63, 3.8) is 0 Å². The number of aromatic nitrogens is 3. The summed E-state index contributed by atoms with van der Waals surface area (Å²) in [5, 5.41) is 7.80. The molecule has 1 N–H and O–H groups in total. The predicted molar refractivity (Wildman–Crippen MR) is 108 cm³/mol. The number of anilines is 1. The molecule has 27 heavy (non-hydrogen) atoms.